The van der Waals surface area contributed by atoms with Gasteiger partial charge < -0.3 is 14.5 Å². The first-order valence-electron chi connectivity index (χ1n) is 12.8. The number of ether oxygens (including phenoxy) is 1. The second kappa shape index (κ2) is 15.2. The van der Waals surface area contributed by atoms with Gasteiger partial charge in [-0.1, -0.05) is 50.5 Å². The zero-order valence-electron chi connectivity index (χ0n) is 21.0. The lowest BCUT2D eigenvalue weighted by Crippen LogP contribution is -2.46. The van der Waals surface area contributed by atoms with E-state index in [0.29, 0.717) is 13.0 Å². The highest BCUT2D eigenvalue weighted by Gasteiger charge is 2.24. The minimum atomic E-state index is 0. The zero-order chi connectivity index (χ0) is 22.9. The SMILES string of the molecule is CCCCCCN1C(=O)CCc2ccc(OCCCN3CCN(c4ccccc4)CC3)cc21.Cl.Cl. The molecule has 7 heteroatoms. The topological polar surface area (TPSA) is 36.0 Å². The Hall–Kier alpha value is -1.95. The van der Waals surface area contributed by atoms with Crippen molar-refractivity contribution in [1.82, 2.24) is 4.90 Å². The summed E-state index contributed by atoms with van der Waals surface area (Å²) < 4.78 is 6.11. The van der Waals surface area contributed by atoms with E-state index in [-0.39, 0.29) is 30.7 Å². The lowest BCUT2D eigenvalue weighted by atomic mass is 10.0. The Balaban J connectivity index is 0.00000216. The van der Waals surface area contributed by atoms with Crippen molar-refractivity contribution in [3.63, 3.8) is 0 Å². The molecule has 2 aliphatic heterocycles. The largest absolute Gasteiger partial charge is 0.493 e. The second-order valence-corrected chi connectivity index (χ2v) is 9.26. The molecular formula is C28H41Cl2N3O2. The third-order valence-electron chi connectivity index (χ3n) is 6.87. The summed E-state index contributed by atoms with van der Waals surface area (Å²) in [4.78, 5) is 19.6. The number of carbonyl (C=O) groups excluding carboxylic acids is 1. The Bertz CT molecular complexity index is 889. The van der Waals surface area contributed by atoms with Gasteiger partial charge in [-0.3, -0.25) is 9.69 Å². The van der Waals surface area contributed by atoms with E-state index in [4.69, 9.17) is 4.74 Å². The molecular weight excluding hydrogens is 481 g/mol. The first-order chi connectivity index (χ1) is 16.2. The molecule has 0 spiro atoms. The summed E-state index contributed by atoms with van der Waals surface area (Å²) in [6.45, 7) is 9.18. The molecule has 4 rings (SSSR count). The summed E-state index contributed by atoms with van der Waals surface area (Å²) in [6, 6.07) is 17.0. The number of benzene rings is 2. The Morgan fingerprint density at radius 2 is 1.60 bits per heavy atom. The molecule has 5 nitrogen and oxygen atoms in total. The van der Waals surface area contributed by atoms with Crippen LogP contribution in [0.1, 0.15) is 51.0 Å². The molecule has 35 heavy (non-hydrogen) atoms. The van der Waals surface area contributed by atoms with Gasteiger partial charge >= 0.3 is 0 Å². The van der Waals surface area contributed by atoms with Gasteiger partial charge in [0, 0.05) is 57.4 Å². The van der Waals surface area contributed by atoms with Crippen molar-refractivity contribution in [1.29, 1.82) is 0 Å². The van der Waals surface area contributed by atoms with E-state index in [1.807, 2.05) is 4.90 Å². The minimum absolute atomic E-state index is 0. The van der Waals surface area contributed by atoms with Gasteiger partial charge in [-0.25, -0.2) is 0 Å². The van der Waals surface area contributed by atoms with Gasteiger partial charge in [0.05, 0.1) is 12.3 Å². The van der Waals surface area contributed by atoms with Crippen LogP contribution in [-0.2, 0) is 11.2 Å². The molecule has 1 fully saturated rings. The summed E-state index contributed by atoms with van der Waals surface area (Å²) in [6.07, 6.45) is 7.19. The maximum atomic E-state index is 12.6. The van der Waals surface area contributed by atoms with Crippen LogP contribution >= 0.6 is 24.8 Å². The van der Waals surface area contributed by atoms with Crippen LogP contribution < -0.4 is 14.5 Å². The number of unbranched alkanes of at least 4 members (excludes halogenated alkanes) is 3. The van der Waals surface area contributed by atoms with E-state index in [0.717, 1.165) is 70.0 Å². The average molecular weight is 523 g/mol. The van der Waals surface area contributed by atoms with Gasteiger partial charge in [-0.15, -0.1) is 24.8 Å². The molecule has 2 aromatic carbocycles. The van der Waals surface area contributed by atoms with Gasteiger partial charge in [0.2, 0.25) is 5.91 Å². The van der Waals surface area contributed by atoms with Crippen LogP contribution in [-0.4, -0.2) is 56.7 Å². The molecule has 194 valence electrons. The Morgan fingerprint density at radius 3 is 2.34 bits per heavy atom. The number of aryl methyl sites for hydroxylation is 1. The lowest BCUT2D eigenvalue weighted by Gasteiger charge is -2.36. The number of rotatable bonds is 11. The number of hydrogen-bond donors (Lipinski definition) is 0. The number of halogens is 2. The number of fused-ring (bicyclic) bond motifs is 1. The summed E-state index contributed by atoms with van der Waals surface area (Å²) in [5.74, 6) is 1.14. The summed E-state index contributed by atoms with van der Waals surface area (Å²) in [7, 11) is 0. The highest BCUT2D eigenvalue weighted by atomic mass is 35.5. The van der Waals surface area contributed by atoms with Gasteiger partial charge in [-0.2, -0.15) is 0 Å². The third kappa shape index (κ3) is 8.30. The molecule has 0 aliphatic carbocycles. The monoisotopic (exact) mass is 521 g/mol. The van der Waals surface area contributed by atoms with E-state index >= 15 is 0 Å². The molecule has 1 saturated heterocycles. The first kappa shape index (κ1) is 29.3. The third-order valence-corrected chi connectivity index (χ3v) is 6.87. The number of hydrogen-bond acceptors (Lipinski definition) is 4. The van der Waals surface area contributed by atoms with Crippen LogP contribution in [0.15, 0.2) is 48.5 Å². The van der Waals surface area contributed by atoms with Crippen LogP contribution in [0, 0.1) is 0 Å². The number of para-hydroxylation sites is 1. The van der Waals surface area contributed by atoms with Crippen molar-refractivity contribution in [2.75, 3.05) is 55.7 Å². The van der Waals surface area contributed by atoms with E-state index in [1.54, 1.807) is 0 Å². The van der Waals surface area contributed by atoms with E-state index in [1.165, 1.54) is 30.5 Å². The average Bonchev–Trinajstić information content (AvgIpc) is 2.86. The molecule has 2 aromatic rings. The van der Waals surface area contributed by atoms with Crippen molar-refractivity contribution < 1.29 is 9.53 Å². The number of amides is 1. The molecule has 0 N–H and O–H groups in total. The Morgan fingerprint density at radius 1 is 0.829 bits per heavy atom. The summed E-state index contributed by atoms with van der Waals surface area (Å²) in [5.41, 5.74) is 3.66. The molecule has 0 bridgehead atoms. The molecule has 1 amide bonds. The predicted molar refractivity (Wildman–Crippen MR) is 151 cm³/mol. The van der Waals surface area contributed by atoms with Crippen molar-refractivity contribution in [3.05, 3.63) is 54.1 Å². The lowest BCUT2D eigenvalue weighted by molar-refractivity contribution is -0.118. The summed E-state index contributed by atoms with van der Waals surface area (Å²) in [5, 5.41) is 0. The quantitative estimate of drug-likeness (QED) is 0.340. The molecule has 0 saturated carbocycles. The van der Waals surface area contributed by atoms with Crippen molar-refractivity contribution >= 4 is 42.1 Å². The second-order valence-electron chi connectivity index (χ2n) is 9.26. The standard InChI is InChI=1S/C28H39N3O2.2ClH/c1-2-3-4-8-17-31-27-23-26(14-12-24(27)13-15-28(31)32)33-22-9-16-29-18-20-30(21-19-29)25-10-6-5-7-11-25;;/h5-7,10-12,14,23H,2-4,8-9,13,15-22H2,1H3;2*1H. The Labute approximate surface area is 223 Å². The fourth-order valence-electron chi connectivity index (χ4n) is 4.90. The Kier molecular flexibility index (Phi) is 12.7. The molecule has 2 heterocycles. The van der Waals surface area contributed by atoms with Crippen LogP contribution in [0.3, 0.4) is 0 Å². The van der Waals surface area contributed by atoms with Crippen molar-refractivity contribution in [3.8, 4) is 5.75 Å². The number of anilines is 2. The van der Waals surface area contributed by atoms with Crippen LogP contribution in [0.5, 0.6) is 5.75 Å². The van der Waals surface area contributed by atoms with Gasteiger partial charge in [0.1, 0.15) is 5.75 Å². The molecule has 0 aromatic heterocycles. The predicted octanol–water partition coefficient (Wildman–Crippen LogP) is 5.98. The van der Waals surface area contributed by atoms with Crippen LogP contribution in [0.25, 0.3) is 0 Å². The van der Waals surface area contributed by atoms with E-state index in [9.17, 15) is 4.79 Å². The highest BCUT2D eigenvalue weighted by Crippen LogP contribution is 2.32. The maximum absolute atomic E-state index is 12.6. The molecule has 0 atom stereocenters. The first-order valence-corrected chi connectivity index (χ1v) is 12.8. The number of carbonyl (C=O) groups is 1. The minimum Gasteiger partial charge on any atom is -0.493 e. The van der Waals surface area contributed by atoms with E-state index < -0.39 is 0 Å². The maximum Gasteiger partial charge on any atom is 0.227 e. The van der Waals surface area contributed by atoms with E-state index in [2.05, 4.69) is 65.3 Å². The van der Waals surface area contributed by atoms with Crippen LogP contribution in [0.2, 0.25) is 0 Å². The van der Waals surface area contributed by atoms with Gasteiger partial charge in [0.15, 0.2) is 0 Å². The number of piperazine rings is 1. The smallest absolute Gasteiger partial charge is 0.227 e. The zero-order valence-corrected chi connectivity index (χ0v) is 22.6. The number of nitrogens with zero attached hydrogens (tertiary/aromatic N) is 3. The fraction of sp³-hybridized carbons (Fsp3) is 0.536. The van der Waals surface area contributed by atoms with Crippen LogP contribution in [0.4, 0.5) is 11.4 Å². The summed E-state index contributed by atoms with van der Waals surface area (Å²) >= 11 is 0. The molecule has 0 unspecified atom stereocenters. The highest BCUT2D eigenvalue weighted by molar-refractivity contribution is 5.96. The van der Waals surface area contributed by atoms with Gasteiger partial charge in [-0.05, 0) is 43.0 Å². The molecule has 2 aliphatic rings. The molecule has 0 radical (unpaired) electrons. The fourth-order valence-corrected chi connectivity index (χ4v) is 4.90. The van der Waals surface area contributed by atoms with Crippen molar-refractivity contribution in [2.24, 2.45) is 0 Å². The normalized spacial score (nSPS) is 15.7. The van der Waals surface area contributed by atoms with Gasteiger partial charge in [0.25, 0.3) is 0 Å². The van der Waals surface area contributed by atoms with Crippen molar-refractivity contribution in [2.45, 2.75) is 51.9 Å².